The quantitative estimate of drug-likeness (QED) is 0.796. The minimum Gasteiger partial charge on any atom is -0.456 e. The molecule has 2 nitrogen and oxygen atoms in total. The van der Waals surface area contributed by atoms with Crippen LogP contribution in [0.25, 0.3) is 0 Å². The van der Waals surface area contributed by atoms with Crippen molar-refractivity contribution < 1.29 is 9.13 Å². The first-order valence-corrected chi connectivity index (χ1v) is 5.96. The molecule has 0 heterocycles. The van der Waals surface area contributed by atoms with E-state index in [4.69, 9.17) is 10.00 Å². The number of nitrogens with zero attached hydrogens (tertiary/aromatic N) is 1. The number of rotatable bonds is 2. The zero-order valence-corrected chi connectivity index (χ0v) is 11.1. The van der Waals surface area contributed by atoms with E-state index in [2.05, 4.69) is 6.07 Å². The lowest BCUT2D eigenvalue weighted by Gasteiger charge is -2.13. The van der Waals surface area contributed by atoms with E-state index in [9.17, 15) is 4.39 Å². The Hall–Kier alpha value is -2.34. The molecule has 0 saturated heterocycles. The summed E-state index contributed by atoms with van der Waals surface area (Å²) in [4.78, 5) is 0. The molecule has 0 bridgehead atoms. The summed E-state index contributed by atoms with van der Waals surface area (Å²) in [6.45, 7) is 5.94. The third kappa shape index (κ3) is 2.74. The van der Waals surface area contributed by atoms with Gasteiger partial charge in [-0.25, -0.2) is 4.39 Å². The molecule has 2 aromatic carbocycles. The second kappa shape index (κ2) is 5.11. The van der Waals surface area contributed by atoms with E-state index in [1.165, 1.54) is 18.2 Å². The Morgan fingerprint density at radius 2 is 1.79 bits per heavy atom. The van der Waals surface area contributed by atoms with Crippen LogP contribution >= 0.6 is 0 Å². The van der Waals surface area contributed by atoms with Gasteiger partial charge in [0.15, 0.2) is 0 Å². The number of hydrogen-bond acceptors (Lipinski definition) is 2. The Balaban J connectivity index is 2.45. The maximum absolute atomic E-state index is 13.1. The summed E-state index contributed by atoms with van der Waals surface area (Å²) in [5.41, 5.74) is 3.41. The third-order valence-electron chi connectivity index (χ3n) is 3.05. The summed E-state index contributed by atoms with van der Waals surface area (Å²) in [6.07, 6.45) is 0. The van der Waals surface area contributed by atoms with Crippen LogP contribution in [0.4, 0.5) is 4.39 Å². The van der Waals surface area contributed by atoms with Crippen molar-refractivity contribution in [1.82, 2.24) is 0 Å². The summed E-state index contributed by atoms with van der Waals surface area (Å²) >= 11 is 0. The van der Waals surface area contributed by atoms with Crippen LogP contribution in [0.1, 0.15) is 22.3 Å². The maximum Gasteiger partial charge on any atom is 0.145 e. The smallest absolute Gasteiger partial charge is 0.145 e. The van der Waals surface area contributed by atoms with E-state index < -0.39 is 5.82 Å². The molecular formula is C16H14FNO. The molecule has 0 radical (unpaired) electrons. The topological polar surface area (TPSA) is 33.0 Å². The molecule has 0 unspecified atom stereocenters. The average Bonchev–Trinajstić information content (AvgIpc) is 2.37. The van der Waals surface area contributed by atoms with Gasteiger partial charge in [-0.2, -0.15) is 5.26 Å². The molecule has 0 amide bonds. The maximum atomic E-state index is 13.1. The van der Waals surface area contributed by atoms with E-state index in [0.717, 1.165) is 16.7 Å². The average molecular weight is 255 g/mol. The molecule has 0 aromatic heterocycles. The number of hydrogen-bond donors (Lipinski definition) is 0. The van der Waals surface area contributed by atoms with Crippen molar-refractivity contribution in [1.29, 1.82) is 5.26 Å². The van der Waals surface area contributed by atoms with Crippen molar-refractivity contribution in [3.05, 3.63) is 58.4 Å². The Bertz CT molecular complexity index is 671. The van der Waals surface area contributed by atoms with E-state index in [1.807, 2.05) is 32.9 Å². The highest BCUT2D eigenvalue weighted by Gasteiger charge is 2.09. The molecule has 0 N–H and O–H groups in total. The SMILES string of the molecule is Cc1cc(C)c(C)c(Oc2ccc(F)cc2C#N)c1. The number of halogens is 1. The zero-order valence-electron chi connectivity index (χ0n) is 11.1. The summed E-state index contributed by atoms with van der Waals surface area (Å²) in [5.74, 6) is 0.624. The van der Waals surface area contributed by atoms with Gasteiger partial charge in [0.25, 0.3) is 0 Å². The largest absolute Gasteiger partial charge is 0.456 e. The van der Waals surface area contributed by atoms with Crippen molar-refractivity contribution in [2.45, 2.75) is 20.8 Å². The van der Waals surface area contributed by atoms with Crippen LogP contribution in [-0.2, 0) is 0 Å². The molecule has 19 heavy (non-hydrogen) atoms. The predicted octanol–water partition coefficient (Wildman–Crippen LogP) is 4.41. The summed E-state index contributed by atoms with van der Waals surface area (Å²) in [7, 11) is 0. The number of aryl methyl sites for hydroxylation is 2. The van der Waals surface area contributed by atoms with Gasteiger partial charge in [0, 0.05) is 0 Å². The molecule has 0 saturated carbocycles. The molecule has 0 aliphatic carbocycles. The van der Waals surface area contributed by atoms with Crippen LogP contribution in [0.5, 0.6) is 11.5 Å². The number of benzene rings is 2. The van der Waals surface area contributed by atoms with E-state index >= 15 is 0 Å². The molecule has 0 atom stereocenters. The van der Waals surface area contributed by atoms with Crippen LogP contribution in [0.15, 0.2) is 30.3 Å². The molecule has 0 aliphatic rings. The van der Waals surface area contributed by atoms with E-state index in [0.29, 0.717) is 11.5 Å². The summed E-state index contributed by atoms with van der Waals surface area (Å²) in [5, 5.41) is 9.00. The molecule has 2 rings (SSSR count). The van der Waals surface area contributed by atoms with E-state index in [-0.39, 0.29) is 5.56 Å². The van der Waals surface area contributed by atoms with Gasteiger partial charge >= 0.3 is 0 Å². The minimum atomic E-state index is -0.443. The molecule has 0 fully saturated rings. The molecule has 0 spiro atoms. The van der Waals surface area contributed by atoms with Gasteiger partial charge in [0.05, 0.1) is 5.56 Å². The standard InChI is InChI=1S/C16H14FNO/c1-10-6-11(2)12(3)16(7-10)19-15-5-4-14(17)8-13(15)9-18/h4-8H,1-3H3. The lowest BCUT2D eigenvalue weighted by atomic mass is 10.1. The first kappa shape index (κ1) is 13.1. The first-order chi connectivity index (χ1) is 9.01. The van der Waals surface area contributed by atoms with Crippen molar-refractivity contribution in [3.8, 4) is 17.6 Å². The van der Waals surface area contributed by atoms with Crippen LogP contribution in [0, 0.1) is 37.9 Å². The Kier molecular flexibility index (Phi) is 3.52. The molecule has 2 aromatic rings. The van der Waals surface area contributed by atoms with Crippen LogP contribution < -0.4 is 4.74 Å². The highest BCUT2D eigenvalue weighted by Crippen LogP contribution is 2.30. The monoisotopic (exact) mass is 255 g/mol. The fourth-order valence-electron chi connectivity index (χ4n) is 1.90. The normalized spacial score (nSPS) is 10.1. The van der Waals surface area contributed by atoms with Crippen molar-refractivity contribution >= 4 is 0 Å². The van der Waals surface area contributed by atoms with Crippen LogP contribution in [0.3, 0.4) is 0 Å². The van der Waals surface area contributed by atoms with Gasteiger partial charge < -0.3 is 4.74 Å². The third-order valence-corrected chi connectivity index (χ3v) is 3.05. The van der Waals surface area contributed by atoms with E-state index in [1.54, 1.807) is 0 Å². The van der Waals surface area contributed by atoms with Crippen molar-refractivity contribution in [2.75, 3.05) is 0 Å². The molecule has 0 aliphatic heterocycles. The number of nitriles is 1. The second-order valence-corrected chi connectivity index (χ2v) is 4.56. The van der Waals surface area contributed by atoms with Crippen molar-refractivity contribution in [3.63, 3.8) is 0 Å². The summed E-state index contributed by atoms with van der Waals surface area (Å²) < 4.78 is 18.8. The Morgan fingerprint density at radius 1 is 1.05 bits per heavy atom. The fourth-order valence-corrected chi connectivity index (χ4v) is 1.90. The van der Waals surface area contributed by atoms with Gasteiger partial charge in [-0.1, -0.05) is 6.07 Å². The first-order valence-electron chi connectivity index (χ1n) is 5.96. The fraction of sp³-hybridized carbons (Fsp3) is 0.188. The van der Waals surface area contributed by atoms with Crippen molar-refractivity contribution in [2.24, 2.45) is 0 Å². The van der Waals surface area contributed by atoms with Gasteiger partial charge in [0.1, 0.15) is 23.4 Å². The molecule has 3 heteroatoms. The number of ether oxygens (including phenoxy) is 1. The predicted molar refractivity (Wildman–Crippen MR) is 71.8 cm³/mol. The minimum absolute atomic E-state index is 0.193. The van der Waals surface area contributed by atoms with Gasteiger partial charge in [-0.15, -0.1) is 0 Å². The van der Waals surface area contributed by atoms with Gasteiger partial charge in [-0.3, -0.25) is 0 Å². The van der Waals surface area contributed by atoms with Crippen LogP contribution in [0.2, 0.25) is 0 Å². The van der Waals surface area contributed by atoms with Crippen LogP contribution in [-0.4, -0.2) is 0 Å². The summed E-state index contributed by atoms with van der Waals surface area (Å²) in [6, 6.07) is 9.85. The second-order valence-electron chi connectivity index (χ2n) is 4.56. The van der Waals surface area contributed by atoms with Gasteiger partial charge in [0.2, 0.25) is 0 Å². The Labute approximate surface area is 112 Å². The lowest BCUT2D eigenvalue weighted by molar-refractivity contribution is 0.474. The highest BCUT2D eigenvalue weighted by molar-refractivity contribution is 5.49. The van der Waals surface area contributed by atoms with Gasteiger partial charge in [-0.05, 0) is 61.7 Å². The zero-order chi connectivity index (χ0) is 14.0. The molecular weight excluding hydrogens is 241 g/mol. The highest BCUT2D eigenvalue weighted by atomic mass is 19.1. The molecule has 96 valence electrons. The Morgan fingerprint density at radius 3 is 2.47 bits per heavy atom. The lowest BCUT2D eigenvalue weighted by Crippen LogP contribution is -1.94.